The van der Waals surface area contributed by atoms with Crippen molar-refractivity contribution in [1.29, 1.82) is 0 Å². The Kier molecular flexibility index (Phi) is 4.35. The molecule has 23 heavy (non-hydrogen) atoms. The topological polar surface area (TPSA) is 55.6 Å². The number of hydrogen-bond acceptors (Lipinski definition) is 5. The minimum absolute atomic E-state index is 0.806. The molecule has 0 radical (unpaired) electrons. The van der Waals surface area contributed by atoms with Crippen molar-refractivity contribution >= 4 is 21.6 Å². The Hall–Kier alpha value is -1.79. The van der Waals surface area contributed by atoms with Crippen molar-refractivity contribution in [1.82, 2.24) is 25.3 Å². The summed E-state index contributed by atoms with van der Waals surface area (Å²) in [5.74, 6) is 0.806. The van der Waals surface area contributed by atoms with Crippen molar-refractivity contribution in [3.63, 3.8) is 0 Å². The summed E-state index contributed by atoms with van der Waals surface area (Å²) in [6, 6.07) is 8.20. The lowest BCUT2D eigenvalue weighted by Gasteiger charge is -2.12. The van der Waals surface area contributed by atoms with E-state index in [0.717, 1.165) is 35.2 Å². The SMILES string of the molecule is c1ccc2sc(-c3cn(CCC4CCCNCC4)nn3)nc2c1. The van der Waals surface area contributed by atoms with Gasteiger partial charge in [0.2, 0.25) is 0 Å². The van der Waals surface area contributed by atoms with Crippen LogP contribution in [0.15, 0.2) is 30.5 Å². The largest absolute Gasteiger partial charge is 0.317 e. The first-order chi connectivity index (χ1) is 11.4. The molecular weight excluding hydrogens is 306 g/mol. The maximum atomic E-state index is 4.65. The molecule has 5 nitrogen and oxygen atoms in total. The average Bonchev–Trinajstić information content (AvgIpc) is 3.13. The molecular formula is C17H21N5S. The Balaban J connectivity index is 1.43. The fourth-order valence-electron chi connectivity index (χ4n) is 3.18. The van der Waals surface area contributed by atoms with E-state index in [9.17, 15) is 0 Å². The number of rotatable bonds is 4. The Morgan fingerprint density at radius 1 is 1.22 bits per heavy atom. The summed E-state index contributed by atoms with van der Waals surface area (Å²) in [4.78, 5) is 4.65. The minimum atomic E-state index is 0.806. The lowest BCUT2D eigenvalue weighted by molar-refractivity contribution is 0.393. The van der Waals surface area contributed by atoms with E-state index in [1.807, 2.05) is 29.1 Å². The molecule has 120 valence electrons. The van der Waals surface area contributed by atoms with Crippen LogP contribution in [0.4, 0.5) is 0 Å². The molecule has 3 heterocycles. The molecule has 4 rings (SSSR count). The molecule has 1 unspecified atom stereocenters. The molecule has 1 atom stereocenters. The van der Waals surface area contributed by atoms with Crippen LogP contribution in [-0.4, -0.2) is 33.1 Å². The quantitative estimate of drug-likeness (QED) is 0.798. The third-order valence-corrected chi connectivity index (χ3v) is 5.57. The van der Waals surface area contributed by atoms with Crippen molar-refractivity contribution in [3.8, 4) is 10.7 Å². The average molecular weight is 327 g/mol. The smallest absolute Gasteiger partial charge is 0.146 e. The lowest BCUT2D eigenvalue weighted by atomic mass is 9.97. The summed E-state index contributed by atoms with van der Waals surface area (Å²) in [5, 5.41) is 13.0. The molecule has 3 aromatic rings. The molecule has 1 N–H and O–H groups in total. The van der Waals surface area contributed by atoms with Gasteiger partial charge < -0.3 is 5.32 Å². The van der Waals surface area contributed by atoms with Gasteiger partial charge in [0.1, 0.15) is 10.7 Å². The van der Waals surface area contributed by atoms with E-state index < -0.39 is 0 Å². The maximum absolute atomic E-state index is 4.65. The molecule has 0 saturated carbocycles. The van der Waals surface area contributed by atoms with Gasteiger partial charge in [-0.25, -0.2) is 4.98 Å². The second kappa shape index (κ2) is 6.76. The zero-order chi connectivity index (χ0) is 15.5. The van der Waals surface area contributed by atoms with Gasteiger partial charge in [-0.1, -0.05) is 17.3 Å². The van der Waals surface area contributed by atoms with Gasteiger partial charge in [0.25, 0.3) is 0 Å². The molecule has 2 aromatic heterocycles. The number of thiazole rings is 1. The number of fused-ring (bicyclic) bond motifs is 1. The highest BCUT2D eigenvalue weighted by Crippen LogP contribution is 2.28. The number of aromatic nitrogens is 4. The van der Waals surface area contributed by atoms with Gasteiger partial charge in [0.15, 0.2) is 0 Å². The van der Waals surface area contributed by atoms with Crippen molar-refractivity contribution < 1.29 is 0 Å². The molecule has 0 spiro atoms. The highest BCUT2D eigenvalue weighted by molar-refractivity contribution is 7.21. The Bertz CT molecular complexity index is 737. The van der Waals surface area contributed by atoms with Gasteiger partial charge in [-0.3, -0.25) is 4.68 Å². The second-order valence-corrected chi connectivity index (χ2v) is 7.22. The number of nitrogens with zero attached hydrogens (tertiary/aromatic N) is 4. The highest BCUT2D eigenvalue weighted by Gasteiger charge is 2.13. The van der Waals surface area contributed by atoms with E-state index in [4.69, 9.17) is 0 Å². The van der Waals surface area contributed by atoms with Gasteiger partial charge >= 0.3 is 0 Å². The van der Waals surface area contributed by atoms with Gasteiger partial charge in [-0.05, 0) is 56.8 Å². The predicted molar refractivity (Wildman–Crippen MR) is 93.5 cm³/mol. The molecule has 0 aliphatic carbocycles. The number of benzene rings is 1. The van der Waals surface area contributed by atoms with E-state index >= 15 is 0 Å². The third kappa shape index (κ3) is 3.43. The van der Waals surface area contributed by atoms with Crippen molar-refractivity contribution in [2.24, 2.45) is 5.92 Å². The number of nitrogens with one attached hydrogen (secondary N) is 1. The van der Waals surface area contributed by atoms with Crippen LogP contribution in [0.5, 0.6) is 0 Å². The summed E-state index contributed by atoms with van der Waals surface area (Å²) < 4.78 is 3.17. The third-order valence-electron chi connectivity index (χ3n) is 4.51. The monoisotopic (exact) mass is 327 g/mol. The van der Waals surface area contributed by atoms with E-state index in [1.54, 1.807) is 11.3 Å². The van der Waals surface area contributed by atoms with E-state index in [-0.39, 0.29) is 0 Å². The normalized spacial score (nSPS) is 19.0. The van der Waals surface area contributed by atoms with Gasteiger partial charge in [-0.2, -0.15) is 0 Å². The van der Waals surface area contributed by atoms with Crippen molar-refractivity contribution in [2.45, 2.75) is 32.2 Å². The van der Waals surface area contributed by atoms with Crippen LogP contribution in [0.25, 0.3) is 20.9 Å². The molecule has 0 amide bonds. The Morgan fingerprint density at radius 3 is 3.13 bits per heavy atom. The zero-order valence-corrected chi connectivity index (χ0v) is 13.9. The van der Waals surface area contributed by atoms with Crippen LogP contribution in [0.1, 0.15) is 25.7 Å². The summed E-state index contributed by atoms with van der Waals surface area (Å²) in [5.41, 5.74) is 1.92. The number of hydrogen-bond donors (Lipinski definition) is 1. The molecule has 0 bridgehead atoms. The van der Waals surface area contributed by atoms with E-state index in [1.165, 1.54) is 36.9 Å². The first-order valence-corrected chi connectivity index (χ1v) is 9.17. The molecule has 1 fully saturated rings. The van der Waals surface area contributed by atoms with Gasteiger partial charge in [0, 0.05) is 6.54 Å². The highest BCUT2D eigenvalue weighted by atomic mass is 32.1. The molecule has 1 saturated heterocycles. The molecule has 1 aliphatic heterocycles. The van der Waals surface area contributed by atoms with Crippen LogP contribution >= 0.6 is 11.3 Å². The van der Waals surface area contributed by atoms with E-state index in [2.05, 4.69) is 26.7 Å². The lowest BCUT2D eigenvalue weighted by Crippen LogP contribution is -2.14. The minimum Gasteiger partial charge on any atom is -0.317 e. The van der Waals surface area contributed by atoms with Crippen LogP contribution in [0, 0.1) is 5.92 Å². The van der Waals surface area contributed by atoms with E-state index in [0.29, 0.717) is 0 Å². The zero-order valence-electron chi connectivity index (χ0n) is 13.1. The van der Waals surface area contributed by atoms with Crippen LogP contribution in [-0.2, 0) is 6.54 Å². The van der Waals surface area contributed by atoms with Crippen molar-refractivity contribution in [2.75, 3.05) is 13.1 Å². The molecule has 1 aliphatic rings. The van der Waals surface area contributed by atoms with Gasteiger partial charge in [0.05, 0.1) is 16.4 Å². The van der Waals surface area contributed by atoms with Crippen LogP contribution < -0.4 is 5.32 Å². The fourth-order valence-corrected chi connectivity index (χ4v) is 4.10. The fraction of sp³-hybridized carbons (Fsp3) is 0.471. The summed E-state index contributed by atoms with van der Waals surface area (Å²) >= 11 is 1.68. The number of aryl methyl sites for hydroxylation is 1. The molecule has 1 aromatic carbocycles. The molecule has 6 heteroatoms. The second-order valence-electron chi connectivity index (χ2n) is 6.19. The summed E-state index contributed by atoms with van der Waals surface area (Å²) in [6.45, 7) is 3.27. The Morgan fingerprint density at radius 2 is 2.17 bits per heavy atom. The first-order valence-electron chi connectivity index (χ1n) is 8.35. The summed E-state index contributed by atoms with van der Waals surface area (Å²) in [6.07, 6.45) is 7.11. The maximum Gasteiger partial charge on any atom is 0.146 e. The van der Waals surface area contributed by atoms with Crippen LogP contribution in [0.3, 0.4) is 0 Å². The van der Waals surface area contributed by atoms with Crippen molar-refractivity contribution in [3.05, 3.63) is 30.5 Å². The number of para-hydroxylation sites is 1. The Labute approximate surface area is 139 Å². The standard InChI is InChI=1S/C17H21N5S/c1-2-6-16-14(5-1)19-17(23-16)15-12-22(21-20-15)11-8-13-4-3-9-18-10-7-13/h1-2,5-6,12-13,18H,3-4,7-11H2. The summed E-state index contributed by atoms with van der Waals surface area (Å²) in [7, 11) is 0. The van der Waals surface area contributed by atoms with Gasteiger partial charge in [-0.15, -0.1) is 16.4 Å². The van der Waals surface area contributed by atoms with Crippen LogP contribution in [0.2, 0.25) is 0 Å². The first kappa shape index (κ1) is 14.8. The predicted octanol–water partition coefficient (Wildman–Crippen LogP) is 3.33.